The molecule has 0 aliphatic carbocycles. The smallest absolute Gasteiger partial charge is 0.248 e. The average molecular weight is 311 g/mol. The standard InChI is InChI=1S/C19H21NO3/c1-4-23-18-13-15(9-11-17(18)22-3)10-12-19(21)20-16-8-6-5-7-14(16)2/h5-13H,4H2,1-3H3,(H,20,21)/b12-10+. The number of ether oxygens (including phenoxy) is 2. The van der Waals surface area contributed by atoms with E-state index in [1.165, 1.54) is 6.08 Å². The van der Waals surface area contributed by atoms with E-state index in [1.54, 1.807) is 13.2 Å². The SMILES string of the molecule is CCOc1cc(/C=C/C(=O)Nc2ccccc2C)ccc1OC. The minimum absolute atomic E-state index is 0.173. The van der Waals surface area contributed by atoms with Crippen molar-refractivity contribution in [2.45, 2.75) is 13.8 Å². The zero-order chi connectivity index (χ0) is 16.7. The summed E-state index contributed by atoms with van der Waals surface area (Å²) in [7, 11) is 1.60. The van der Waals surface area contributed by atoms with Crippen molar-refractivity contribution in [2.75, 3.05) is 19.0 Å². The van der Waals surface area contributed by atoms with Gasteiger partial charge in [0, 0.05) is 11.8 Å². The summed E-state index contributed by atoms with van der Waals surface area (Å²) in [5.41, 5.74) is 2.71. The number of anilines is 1. The largest absolute Gasteiger partial charge is 0.493 e. The van der Waals surface area contributed by atoms with Gasteiger partial charge in [0.15, 0.2) is 11.5 Å². The molecule has 0 heterocycles. The van der Waals surface area contributed by atoms with E-state index in [1.807, 2.05) is 56.3 Å². The van der Waals surface area contributed by atoms with Gasteiger partial charge in [-0.05, 0) is 49.2 Å². The molecule has 2 rings (SSSR count). The average Bonchev–Trinajstić information content (AvgIpc) is 2.55. The summed E-state index contributed by atoms with van der Waals surface area (Å²) in [6, 6.07) is 13.2. The molecule has 0 spiro atoms. The van der Waals surface area contributed by atoms with Crippen molar-refractivity contribution in [3.05, 3.63) is 59.7 Å². The molecule has 2 aromatic carbocycles. The second-order valence-corrected chi connectivity index (χ2v) is 4.98. The van der Waals surface area contributed by atoms with Crippen LogP contribution in [0, 0.1) is 6.92 Å². The van der Waals surface area contributed by atoms with Gasteiger partial charge in [-0.15, -0.1) is 0 Å². The molecule has 0 bridgehead atoms. The van der Waals surface area contributed by atoms with Crippen molar-refractivity contribution in [3.8, 4) is 11.5 Å². The molecular formula is C19H21NO3. The van der Waals surface area contributed by atoms with Crippen molar-refractivity contribution >= 4 is 17.7 Å². The van der Waals surface area contributed by atoms with Gasteiger partial charge in [-0.2, -0.15) is 0 Å². The van der Waals surface area contributed by atoms with Gasteiger partial charge < -0.3 is 14.8 Å². The lowest BCUT2D eigenvalue weighted by Crippen LogP contribution is -2.08. The molecule has 0 radical (unpaired) electrons. The fraction of sp³-hybridized carbons (Fsp3) is 0.211. The maximum absolute atomic E-state index is 12.0. The summed E-state index contributed by atoms with van der Waals surface area (Å²) in [5, 5.41) is 2.86. The number of amides is 1. The lowest BCUT2D eigenvalue weighted by Gasteiger charge is -2.09. The van der Waals surface area contributed by atoms with Crippen molar-refractivity contribution in [1.82, 2.24) is 0 Å². The third kappa shape index (κ3) is 4.61. The van der Waals surface area contributed by atoms with Gasteiger partial charge >= 0.3 is 0 Å². The third-order valence-corrected chi connectivity index (χ3v) is 3.32. The molecule has 23 heavy (non-hydrogen) atoms. The zero-order valence-electron chi connectivity index (χ0n) is 13.6. The zero-order valence-corrected chi connectivity index (χ0v) is 13.6. The monoisotopic (exact) mass is 311 g/mol. The number of rotatable bonds is 6. The first-order valence-electron chi connectivity index (χ1n) is 7.49. The second-order valence-electron chi connectivity index (χ2n) is 4.98. The number of carbonyl (C=O) groups excluding carboxylic acids is 1. The van der Waals surface area contributed by atoms with Gasteiger partial charge in [-0.3, -0.25) is 4.79 Å². The van der Waals surface area contributed by atoms with E-state index >= 15 is 0 Å². The number of carbonyl (C=O) groups is 1. The van der Waals surface area contributed by atoms with E-state index < -0.39 is 0 Å². The molecule has 0 aromatic heterocycles. The molecule has 0 atom stereocenters. The van der Waals surface area contributed by atoms with Gasteiger partial charge in [0.25, 0.3) is 0 Å². The predicted octanol–water partition coefficient (Wildman–Crippen LogP) is 4.05. The topological polar surface area (TPSA) is 47.6 Å². The van der Waals surface area contributed by atoms with E-state index in [0.717, 1.165) is 16.8 Å². The molecule has 1 amide bonds. The van der Waals surface area contributed by atoms with E-state index in [-0.39, 0.29) is 5.91 Å². The molecule has 0 saturated heterocycles. The van der Waals surface area contributed by atoms with E-state index in [4.69, 9.17) is 9.47 Å². The maximum atomic E-state index is 12.0. The second kappa shape index (κ2) is 8.03. The minimum atomic E-state index is -0.173. The number of aryl methyl sites for hydroxylation is 1. The summed E-state index contributed by atoms with van der Waals surface area (Å²) >= 11 is 0. The fourth-order valence-corrected chi connectivity index (χ4v) is 2.12. The Kier molecular flexibility index (Phi) is 5.80. The molecule has 1 N–H and O–H groups in total. The van der Waals surface area contributed by atoms with Crippen molar-refractivity contribution in [2.24, 2.45) is 0 Å². The highest BCUT2D eigenvalue weighted by Crippen LogP contribution is 2.28. The molecule has 0 aliphatic rings. The molecule has 0 unspecified atom stereocenters. The molecule has 2 aromatic rings. The van der Waals surface area contributed by atoms with Crippen LogP contribution in [-0.2, 0) is 4.79 Å². The van der Waals surface area contributed by atoms with Gasteiger partial charge in [0.05, 0.1) is 13.7 Å². The van der Waals surface area contributed by atoms with E-state index in [9.17, 15) is 4.79 Å². The Hall–Kier alpha value is -2.75. The lowest BCUT2D eigenvalue weighted by atomic mass is 10.1. The highest BCUT2D eigenvalue weighted by Gasteiger charge is 2.05. The summed E-state index contributed by atoms with van der Waals surface area (Å²) in [5.74, 6) is 1.16. The maximum Gasteiger partial charge on any atom is 0.248 e. The lowest BCUT2D eigenvalue weighted by molar-refractivity contribution is -0.111. The summed E-state index contributed by atoms with van der Waals surface area (Å²) < 4.78 is 10.8. The van der Waals surface area contributed by atoms with Gasteiger partial charge in [0.2, 0.25) is 5.91 Å². The highest BCUT2D eigenvalue weighted by molar-refractivity contribution is 6.02. The first-order valence-corrected chi connectivity index (χ1v) is 7.49. The first-order chi connectivity index (χ1) is 11.1. The van der Waals surface area contributed by atoms with Crippen molar-refractivity contribution < 1.29 is 14.3 Å². The van der Waals surface area contributed by atoms with Gasteiger partial charge in [0.1, 0.15) is 0 Å². The molecular weight excluding hydrogens is 290 g/mol. The first kappa shape index (κ1) is 16.6. The highest BCUT2D eigenvalue weighted by atomic mass is 16.5. The summed E-state index contributed by atoms with van der Waals surface area (Å²) in [6.07, 6.45) is 3.25. The number of hydrogen-bond acceptors (Lipinski definition) is 3. The molecule has 120 valence electrons. The van der Waals surface area contributed by atoms with Crippen LogP contribution in [0.2, 0.25) is 0 Å². The Bertz CT molecular complexity index is 708. The van der Waals surface area contributed by atoms with E-state index in [2.05, 4.69) is 5.32 Å². The van der Waals surface area contributed by atoms with Crippen LogP contribution in [-0.4, -0.2) is 19.6 Å². The van der Waals surface area contributed by atoms with Crippen LogP contribution < -0.4 is 14.8 Å². The molecule has 4 heteroatoms. The van der Waals surface area contributed by atoms with Gasteiger partial charge in [-0.25, -0.2) is 0 Å². The quantitative estimate of drug-likeness (QED) is 0.819. The minimum Gasteiger partial charge on any atom is -0.493 e. The Labute approximate surface area is 136 Å². The Morgan fingerprint density at radius 3 is 2.65 bits per heavy atom. The van der Waals surface area contributed by atoms with Crippen LogP contribution in [0.4, 0.5) is 5.69 Å². The number of nitrogens with one attached hydrogen (secondary N) is 1. The van der Waals surface area contributed by atoms with Crippen molar-refractivity contribution in [3.63, 3.8) is 0 Å². The molecule has 0 aliphatic heterocycles. The van der Waals surface area contributed by atoms with Crippen LogP contribution in [0.15, 0.2) is 48.5 Å². The molecule has 0 saturated carbocycles. The van der Waals surface area contributed by atoms with E-state index in [0.29, 0.717) is 18.1 Å². The molecule has 4 nitrogen and oxygen atoms in total. The van der Waals surface area contributed by atoms with Crippen LogP contribution in [0.3, 0.4) is 0 Å². The fourth-order valence-electron chi connectivity index (χ4n) is 2.12. The van der Waals surface area contributed by atoms with Crippen LogP contribution >= 0.6 is 0 Å². The molecule has 0 fully saturated rings. The third-order valence-electron chi connectivity index (χ3n) is 3.32. The summed E-state index contributed by atoms with van der Waals surface area (Å²) in [4.78, 5) is 12.0. The number of para-hydroxylation sites is 1. The normalized spacial score (nSPS) is 10.6. The van der Waals surface area contributed by atoms with Gasteiger partial charge in [-0.1, -0.05) is 24.3 Å². The Balaban J connectivity index is 2.09. The number of hydrogen-bond donors (Lipinski definition) is 1. The number of methoxy groups -OCH3 is 1. The Morgan fingerprint density at radius 2 is 1.96 bits per heavy atom. The van der Waals surface area contributed by atoms with Crippen molar-refractivity contribution in [1.29, 1.82) is 0 Å². The Morgan fingerprint density at radius 1 is 1.17 bits per heavy atom. The van der Waals surface area contributed by atoms with Crippen LogP contribution in [0.5, 0.6) is 11.5 Å². The van der Waals surface area contributed by atoms with Crippen LogP contribution in [0.25, 0.3) is 6.08 Å². The number of benzene rings is 2. The van der Waals surface area contributed by atoms with Crippen LogP contribution in [0.1, 0.15) is 18.1 Å². The predicted molar refractivity (Wildman–Crippen MR) is 93.0 cm³/mol. The summed E-state index contributed by atoms with van der Waals surface area (Å²) in [6.45, 7) is 4.42.